The first-order valence-corrected chi connectivity index (χ1v) is 6.26. The molecule has 0 bridgehead atoms. The van der Waals surface area contributed by atoms with Crippen LogP contribution in [0, 0.1) is 13.8 Å². The summed E-state index contributed by atoms with van der Waals surface area (Å²) in [5.74, 6) is 0.209. The Morgan fingerprint density at radius 1 is 1.24 bits per heavy atom. The first-order valence-electron chi connectivity index (χ1n) is 6.26. The molecule has 0 atom stereocenters. The van der Waals surface area contributed by atoms with Crippen molar-refractivity contribution in [3.05, 3.63) is 29.3 Å². The van der Waals surface area contributed by atoms with Gasteiger partial charge in [0, 0.05) is 18.8 Å². The number of hydrogen-bond acceptors (Lipinski definition) is 2. The smallest absolute Gasteiger partial charge is 0.241 e. The molecule has 0 aliphatic carbocycles. The van der Waals surface area contributed by atoms with Gasteiger partial charge in [-0.2, -0.15) is 0 Å². The lowest BCUT2D eigenvalue weighted by Gasteiger charge is -2.16. The van der Waals surface area contributed by atoms with Gasteiger partial charge in [0.25, 0.3) is 0 Å². The van der Waals surface area contributed by atoms with Crippen molar-refractivity contribution in [2.75, 3.05) is 25.0 Å². The van der Waals surface area contributed by atoms with Gasteiger partial charge in [0.2, 0.25) is 5.91 Å². The van der Waals surface area contributed by atoms with Crippen molar-refractivity contribution in [2.24, 2.45) is 0 Å². The zero-order valence-corrected chi connectivity index (χ0v) is 10.6. The highest BCUT2D eigenvalue weighted by Gasteiger charge is 2.17. The Balaban J connectivity index is 1.88. The molecule has 3 heteroatoms. The monoisotopic (exact) mass is 232 g/mol. The van der Waals surface area contributed by atoms with E-state index in [4.69, 9.17) is 0 Å². The van der Waals surface area contributed by atoms with E-state index in [-0.39, 0.29) is 5.91 Å². The van der Waals surface area contributed by atoms with Crippen molar-refractivity contribution in [2.45, 2.75) is 26.7 Å². The predicted octanol–water partition coefficient (Wildman–Crippen LogP) is 2.34. The second kappa shape index (κ2) is 5.21. The number of amides is 1. The van der Waals surface area contributed by atoms with Gasteiger partial charge in [-0.3, -0.25) is 4.79 Å². The van der Waals surface area contributed by atoms with Gasteiger partial charge in [0.05, 0.1) is 6.54 Å². The molecule has 2 rings (SSSR count). The van der Waals surface area contributed by atoms with Gasteiger partial charge < -0.3 is 10.2 Å². The van der Waals surface area contributed by atoms with Crippen LogP contribution in [-0.4, -0.2) is 30.4 Å². The molecule has 1 saturated heterocycles. The fraction of sp³-hybridized carbons (Fsp3) is 0.500. The molecule has 0 radical (unpaired) electrons. The van der Waals surface area contributed by atoms with Crippen molar-refractivity contribution in [1.29, 1.82) is 0 Å². The van der Waals surface area contributed by atoms with Crippen LogP contribution in [0.25, 0.3) is 0 Å². The highest BCUT2D eigenvalue weighted by Crippen LogP contribution is 2.14. The number of nitrogens with zero attached hydrogens (tertiary/aromatic N) is 1. The molecule has 1 amide bonds. The molecule has 1 aliphatic rings. The third-order valence-electron chi connectivity index (χ3n) is 3.41. The molecule has 92 valence electrons. The van der Waals surface area contributed by atoms with E-state index in [0.29, 0.717) is 6.54 Å². The third-order valence-corrected chi connectivity index (χ3v) is 3.41. The largest absolute Gasteiger partial charge is 0.376 e. The molecule has 0 spiro atoms. The summed E-state index contributed by atoms with van der Waals surface area (Å²) >= 11 is 0. The van der Waals surface area contributed by atoms with E-state index in [9.17, 15) is 4.79 Å². The highest BCUT2D eigenvalue weighted by molar-refractivity contribution is 5.81. The van der Waals surface area contributed by atoms with E-state index < -0.39 is 0 Å². The minimum Gasteiger partial charge on any atom is -0.376 e. The number of anilines is 1. The average Bonchev–Trinajstić information content (AvgIpc) is 2.84. The Morgan fingerprint density at radius 3 is 2.59 bits per heavy atom. The molecule has 1 fully saturated rings. The maximum absolute atomic E-state index is 11.8. The van der Waals surface area contributed by atoms with Gasteiger partial charge in [0.15, 0.2) is 0 Å². The molecule has 3 nitrogen and oxygen atoms in total. The standard InChI is InChI=1S/C14H20N2O/c1-11-5-6-13(9-12(11)2)15-10-14(17)16-7-3-4-8-16/h5-6,9,15H,3-4,7-8,10H2,1-2H3. The summed E-state index contributed by atoms with van der Waals surface area (Å²) in [5, 5.41) is 3.20. The lowest BCUT2D eigenvalue weighted by Crippen LogP contribution is -2.32. The van der Waals surface area contributed by atoms with Gasteiger partial charge in [-0.05, 0) is 49.9 Å². The summed E-state index contributed by atoms with van der Waals surface area (Å²) in [7, 11) is 0. The molecule has 17 heavy (non-hydrogen) atoms. The number of benzene rings is 1. The van der Waals surface area contributed by atoms with Crippen LogP contribution in [0.5, 0.6) is 0 Å². The molecular weight excluding hydrogens is 212 g/mol. The van der Waals surface area contributed by atoms with Crippen LogP contribution in [0.3, 0.4) is 0 Å². The second-order valence-electron chi connectivity index (χ2n) is 4.74. The van der Waals surface area contributed by atoms with Crippen LogP contribution in [0.4, 0.5) is 5.69 Å². The SMILES string of the molecule is Cc1ccc(NCC(=O)N2CCCC2)cc1C. The quantitative estimate of drug-likeness (QED) is 0.867. The van der Waals surface area contributed by atoms with E-state index in [2.05, 4.69) is 31.3 Å². The number of carbonyl (C=O) groups excluding carboxylic acids is 1. The predicted molar refractivity (Wildman–Crippen MR) is 70.2 cm³/mol. The van der Waals surface area contributed by atoms with E-state index in [1.807, 2.05) is 11.0 Å². The lowest BCUT2D eigenvalue weighted by molar-refractivity contribution is -0.128. The minimum atomic E-state index is 0.209. The number of aryl methyl sites for hydroxylation is 2. The van der Waals surface area contributed by atoms with Crippen LogP contribution >= 0.6 is 0 Å². The summed E-state index contributed by atoms with van der Waals surface area (Å²) in [4.78, 5) is 13.8. The van der Waals surface area contributed by atoms with Gasteiger partial charge in [-0.1, -0.05) is 6.07 Å². The summed E-state index contributed by atoms with van der Waals surface area (Å²) in [6, 6.07) is 6.20. The van der Waals surface area contributed by atoms with Gasteiger partial charge >= 0.3 is 0 Å². The maximum Gasteiger partial charge on any atom is 0.241 e. The molecule has 1 aromatic carbocycles. The molecule has 0 aromatic heterocycles. The fourth-order valence-corrected chi connectivity index (χ4v) is 2.11. The highest BCUT2D eigenvalue weighted by atomic mass is 16.2. The average molecular weight is 232 g/mol. The Morgan fingerprint density at radius 2 is 1.94 bits per heavy atom. The Kier molecular flexibility index (Phi) is 3.67. The van der Waals surface area contributed by atoms with Crippen LogP contribution in [0.2, 0.25) is 0 Å². The molecule has 1 heterocycles. The number of hydrogen-bond donors (Lipinski definition) is 1. The van der Waals surface area contributed by atoms with Crippen LogP contribution < -0.4 is 5.32 Å². The Labute approximate surface area is 103 Å². The fourth-order valence-electron chi connectivity index (χ4n) is 2.11. The number of likely N-dealkylation sites (tertiary alicyclic amines) is 1. The van der Waals surface area contributed by atoms with E-state index in [1.54, 1.807) is 0 Å². The number of nitrogens with one attached hydrogen (secondary N) is 1. The normalized spacial score (nSPS) is 15.1. The van der Waals surface area contributed by atoms with Crippen molar-refractivity contribution in [3.63, 3.8) is 0 Å². The van der Waals surface area contributed by atoms with E-state index in [1.165, 1.54) is 11.1 Å². The molecule has 0 saturated carbocycles. The number of rotatable bonds is 3. The molecule has 1 aliphatic heterocycles. The first kappa shape index (κ1) is 12.0. The van der Waals surface area contributed by atoms with Gasteiger partial charge in [-0.15, -0.1) is 0 Å². The second-order valence-corrected chi connectivity index (χ2v) is 4.74. The zero-order chi connectivity index (χ0) is 12.3. The minimum absolute atomic E-state index is 0.209. The maximum atomic E-state index is 11.8. The topological polar surface area (TPSA) is 32.3 Å². The number of carbonyl (C=O) groups is 1. The van der Waals surface area contributed by atoms with Crippen LogP contribution in [0.15, 0.2) is 18.2 Å². The lowest BCUT2D eigenvalue weighted by atomic mass is 10.1. The summed E-state index contributed by atoms with van der Waals surface area (Å²) < 4.78 is 0. The van der Waals surface area contributed by atoms with Crippen LogP contribution in [-0.2, 0) is 4.79 Å². The molecule has 0 unspecified atom stereocenters. The first-order chi connectivity index (χ1) is 8.16. The van der Waals surface area contributed by atoms with Crippen molar-refractivity contribution in [1.82, 2.24) is 4.90 Å². The summed E-state index contributed by atoms with van der Waals surface area (Å²) in [6.07, 6.45) is 2.30. The third kappa shape index (κ3) is 2.99. The van der Waals surface area contributed by atoms with Crippen LogP contribution in [0.1, 0.15) is 24.0 Å². The van der Waals surface area contributed by atoms with Gasteiger partial charge in [-0.25, -0.2) is 0 Å². The van der Waals surface area contributed by atoms with Gasteiger partial charge in [0.1, 0.15) is 0 Å². The van der Waals surface area contributed by atoms with Crippen molar-refractivity contribution in [3.8, 4) is 0 Å². The van der Waals surface area contributed by atoms with E-state index >= 15 is 0 Å². The van der Waals surface area contributed by atoms with Crippen molar-refractivity contribution >= 4 is 11.6 Å². The molecular formula is C14H20N2O. The summed E-state index contributed by atoms with van der Waals surface area (Å²) in [5.41, 5.74) is 3.56. The molecule has 1 aromatic rings. The van der Waals surface area contributed by atoms with E-state index in [0.717, 1.165) is 31.6 Å². The zero-order valence-electron chi connectivity index (χ0n) is 10.6. The summed E-state index contributed by atoms with van der Waals surface area (Å²) in [6.45, 7) is 6.43. The Bertz CT molecular complexity index is 409. The molecule has 1 N–H and O–H groups in total. The van der Waals surface area contributed by atoms with Crippen molar-refractivity contribution < 1.29 is 4.79 Å². The Hall–Kier alpha value is -1.51.